The van der Waals surface area contributed by atoms with Crippen LogP contribution >= 0.6 is 0 Å². The Morgan fingerprint density at radius 3 is 1.83 bits per heavy atom. The summed E-state index contributed by atoms with van der Waals surface area (Å²) >= 11 is 0. The summed E-state index contributed by atoms with van der Waals surface area (Å²) in [5.41, 5.74) is 6.84. The van der Waals surface area contributed by atoms with Crippen molar-refractivity contribution in [2.45, 2.75) is 6.04 Å². The first-order valence-corrected chi connectivity index (χ1v) is 5.75. The summed E-state index contributed by atoms with van der Waals surface area (Å²) in [6, 6.07) is 3.97. The Bertz CT molecular complexity index is 369. The van der Waals surface area contributed by atoms with Crippen molar-refractivity contribution >= 4 is 0 Å². The van der Waals surface area contributed by atoms with Gasteiger partial charge in [-0.3, -0.25) is 0 Å². The number of hydrogen-bond donors (Lipinski definition) is 1. The topological polar surface area (TPSA) is 57.0 Å². The number of rotatable bonds is 6. The van der Waals surface area contributed by atoms with Crippen molar-refractivity contribution in [2.75, 3.05) is 42.0 Å². The van der Waals surface area contributed by atoms with Crippen LogP contribution in [0.15, 0.2) is 12.1 Å². The maximum atomic E-state index is 5.80. The normalized spacial score (nSPS) is 12.4. The van der Waals surface area contributed by atoms with Gasteiger partial charge in [0.15, 0.2) is 11.5 Å². The van der Waals surface area contributed by atoms with E-state index in [9.17, 15) is 0 Å². The van der Waals surface area contributed by atoms with E-state index in [1.165, 1.54) is 0 Å². The fraction of sp³-hybridized carbons (Fsp3) is 0.538. The van der Waals surface area contributed by atoms with Crippen molar-refractivity contribution in [1.29, 1.82) is 0 Å². The van der Waals surface area contributed by atoms with Crippen LogP contribution in [0.4, 0.5) is 0 Å². The van der Waals surface area contributed by atoms with Crippen LogP contribution in [0.5, 0.6) is 17.2 Å². The number of nitrogens with zero attached hydrogens (tertiary/aromatic N) is 1. The molecule has 5 nitrogen and oxygen atoms in total. The Morgan fingerprint density at radius 1 is 1.06 bits per heavy atom. The SMILES string of the molecule is COc1cc(C(CN)N(C)C)cc(OC)c1OC. The predicted octanol–water partition coefficient (Wildman–Crippen LogP) is 1.27. The van der Waals surface area contributed by atoms with Gasteiger partial charge in [-0.15, -0.1) is 0 Å². The summed E-state index contributed by atoms with van der Waals surface area (Å²) < 4.78 is 16.0. The van der Waals surface area contributed by atoms with Crippen molar-refractivity contribution in [3.63, 3.8) is 0 Å². The van der Waals surface area contributed by atoms with Gasteiger partial charge in [0.2, 0.25) is 5.75 Å². The molecular formula is C13H22N2O3. The number of likely N-dealkylation sites (N-methyl/N-ethyl adjacent to an activating group) is 1. The molecule has 5 heteroatoms. The molecule has 1 unspecified atom stereocenters. The number of ether oxygens (including phenoxy) is 3. The lowest BCUT2D eigenvalue weighted by Gasteiger charge is -2.24. The van der Waals surface area contributed by atoms with Crippen LogP contribution in [0.2, 0.25) is 0 Å². The minimum atomic E-state index is 0.110. The molecule has 18 heavy (non-hydrogen) atoms. The van der Waals surface area contributed by atoms with Crippen LogP contribution in [-0.2, 0) is 0 Å². The summed E-state index contributed by atoms with van der Waals surface area (Å²) in [7, 11) is 8.77. The Kier molecular flexibility index (Phi) is 5.25. The smallest absolute Gasteiger partial charge is 0.203 e. The first-order chi connectivity index (χ1) is 8.58. The van der Waals surface area contributed by atoms with Gasteiger partial charge in [-0.25, -0.2) is 0 Å². The van der Waals surface area contributed by atoms with Crippen molar-refractivity contribution in [3.05, 3.63) is 17.7 Å². The lowest BCUT2D eigenvalue weighted by Crippen LogP contribution is -2.27. The Hall–Kier alpha value is -1.46. The number of nitrogens with two attached hydrogens (primary N) is 1. The summed E-state index contributed by atoms with van der Waals surface area (Å²) in [5, 5.41) is 0. The van der Waals surface area contributed by atoms with Gasteiger partial charge in [-0.2, -0.15) is 0 Å². The van der Waals surface area contributed by atoms with E-state index in [2.05, 4.69) is 4.90 Å². The standard InChI is InChI=1S/C13H22N2O3/c1-15(2)10(8-14)9-6-11(16-3)13(18-5)12(7-9)17-4/h6-7,10H,8,14H2,1-5H3. The third-order valence-electron chi connectivity index (χ3n) is 2.92. The zero-order chi connectivity index (χ0) is 13.7. The molecule has 0 aliphatic rings. The quantitative estimate of drug-likeness (QED) is 0.828. The van der Waals surface area contributed by atoms with Gasteiger partial charge in [0.1, 0.15) is 0 Å². The first-order valence-electron chi connectivity index (χ1n) is 5.75. The molecule has 0 saturated carbocycles. The molecular weight excluding hydrogens is 232 g/mol. The highest BCUT2D eigenvalue weighted by atomic mass is 16.5. The van der Waals surface area contributed by atoms with Crippen molar-refractivity contribution in [1.82, 2.24) is 4.90 Å². The zero-order valence-corrected chi connectivity index (χ0v) is 11.7. The van der Waals surface area contributed by atoms with Gasteiger partial charge in [0, 0.05) is 12.6 Å². The van der Waals surface area contributed by atoms with Crippen LogP contribution in [0, 0.1) is 0 Å². The van der Waals surface area contributed by atoms with Crippen LogP contribution < -0.4 is 19.9 Å². The molecule has 0 fully saturated rings. The van der Waals surface area contributed by atoms with Crippen molar-refractivity contribution in [2.24, 2.45) is 5.73 Å². The van der Waals surface area contributed by atoms with Crippen molar-refractivity contribution < 1.29 is 14.2 Å². The van der Waals surface area contributed by atoms with Crippen LogP contribution in [0.3, 0.4) is 0 Å². The second-order valence-electron chi connectivity index (χ2n) is 4.17. The molecule has 2 N–H and O–H groups in total. The minimum absolute atomic E-state index is 0.110. The highest BCUT2D eigenvalue weighted by molar-refractivity contribution is 5.54. The zero-order valence-electron chi connectivity index (χ0n) is 11.7. The first kappa shape index (κ1) is 14.6. The molecule has 0 spiro atoms. The van der Waals surface area contributed by atoms with E-state index in [1.807, 2.05) is 26.2 Å². The largest absolute Gasteiger partial charge is 0.493 e. The van der Waals surface area contributed by atoms with Crippen molar-refractivity contribution in [3.8, 4) is 17.2 Å². The number of methoxy groups -OCH3 is 3. The summed E-state index contributed by atoms with van der Waals surface area (Å²) in [6.07, 6.45) is 0. The molecule has 0 bridgehead atoms. The molecule has 1 aromatic rings. The van der Waals surface area contributed by atoms with Gasteiger partial charge < -0.3 is 24.8 Å². The van der Waals surface area contributed by atoms with E-state index in [0.29, 0.717) is 23.8 Å². The third-order valence-corrected chi connectivity index (χ3v) is 2.92. The maximum absolute atomic E-state index is 5.80. The Balaban J connectivity index is 3.30. The molecule has 0 aliphatic carbocycles. The van der Waals surface area contributed by atoms with Crippen LogP contribution in [0.1, 0.15) is 11.6 Å². The van der Waals surface area contributed by atoms with E-state index in [0.717, 1.165) is 5.56 Å². The average molecular weight is 254 g/mol. The molecule has 0 heterocycles. The lowest BCUT2D eigenvalue weighted by atomic mass is 10.0. The van der Waals surface area contributed by atoms with E-state index in [4.69, 9.17) is 19.9 Å². The molecule has 1 aromatic carbocycles. The molecule has 0 amide bonds. The molecule has 102 valence electrons. The summed E-state index contributed by atoms with van der Waals surface area (Å²) in [5.74, 6) is 1.89. The summed E-state index contributed by atoms with van der Waals surface area (Å²) in [6.45, 7) is 0.519. The Labute approximate surface area is 108 Å². The molecule has 0 aromatic heterocycles. The second-order valence-corrected chi connectivity index (χ2v) is 4.17. The van der Waals surface area contributed by atoms with E-state index in [-0.39, 0.29) is 6.04 Å². The van der Waals surface area contributed by atoms with Gasteiger partial charge in [-0.1, -0.05) is 0 Å². The lowest BCUT2D eigenvalue weighted by molar-refractivity contribution is 0.297. The monoisotopic (exact) mass is 254 g/mol. The highest BCUT2D eigenvalue weighted by Crippen LogP contribution is 2.40. The van der Waals surface area contributed by atoms with Crippen LogP contribution in [-0.4, -0.2) is 46.9 Å². The molecule has 0 saturated heterocycles. The molecule has 1 atom stereocenters. The molecule has 1 rings (SSSR count). The molecule has 0 radical (unpaired) electrons. The van der Waals surface area contributed by atoms with Gasteiger partial charge in [0.05, 0.1) is 21.3 Å². The van der Waals surface area contributed by atoms with Gasteiger partial charge in [0.25, 0.3) is 0 Å². The number of hydrogen-bond acceptors (Lipinski definition) is 5. The van der Waals surface area contributed by atoms with E-state index < -0.39 is 0 Å². The molecule has 0 aliphatic heterocycles. The van der Waals surface area contributed by atoms with E-state index in [1.54, 1.807) is 21.3 Å². The number of benzene rings is 1. The highest BCUT2D eigenvalue weighted by Gasteiger charge is 2.19. The fourth-order valence-electron chi connectivity index (χ4n) is 1.94. The van der Waals surface area contributed by atoms with Gasteiger partial charge >= 0.3 is 0 Å². The maximum Gasteiger partial charge on any atom is 0.203 e. The average Bonchev–Trinajstić information content (AvgIpc) is 2.37. The third kappa shape index (κ3) is 2.86. The fourth-order valence-corrected chi connectivity index (χ4v) is 1.94. The Morgan fingerprint density at radius 2 is 1.56 bits per heavy atom. The predicted molar refractivity (Wildman–Crippen MR) is 71.6 cm³/mol. The van der Waals surface area contributed by atoms with E-state index >= 15 is 0 Å². The summed E-state index contributed by atoms with van der Waals surface area (Å²) in [4.78, 5) is 2.06. The second kappa shape index (κ2) is 6.47. The minimum Gasteiger partial charge on any atom is -0.493 e. The van der Waals surface area contributed by atoms with Gasteiger partial charge in [-0.05, 0) is 31.8 Å². The van der Waals surface area contributed by atoms with Crippen LogP contribution in [0.25, 0.3) is 0 Å².